The fourth-order valence-corrected chi connectivity index (χ4v) is 4.71. The number of fused-ring (bicyclic) bond motifs is 2. The quantitative estimate of drug-likeness (QED) is 0.328. The van der Waals surface area contributed by atoms with Crippen LogP contribution >= 0.6 is 11.8 Å². The molecule has 0 radical (unpaired) electrons. The molecular weight excluding hydrogens is 424 g/mol. The van der Waals surface area contributed by atoms with Gasteiger partial charge >= 0.3 is 0 Å². The number of hydrogen-bond donors (Lipinski definition) is 0. The molecule has 0 aliphatic heterocycles. The second kappa shape index (κ2) is 8.55. The van der Waals surface area contributed by atoms with Crippen LogP contribution in [0.1, 0.15) is 44.3 Å². The first-order valence-corrected chi connectivity index (χ1v) is 11.2. The monoisotopic (exact) mass is 444 g/mol. The van der Waals surface area contributed by atoms with Gasteiger partial charge < -0.3 is 4.74 Å². The third kappa shape index (κ3) is 3.89. The molecule has 2 heterocycles. The smallest absolute Gasteiger partial charge is 0.253 e. The molecule has 4 aromatic rings. The number of ketones is 2. The van der Waals surface area contributed by atoms with Crippen molar-refractivity contribution in [2.75, 3.05) is 12.9 Å². The van der Waals surface area contributed by atoms with Crippen LogP contribution in [0.25, 0.3) is 5.78 Å². The van der Waals surface area contributed by atoms with Gasteiger partial charge in [0.25, 0.3) is 5.78 Å². The fourth-order valence-electron chi connectivity index (χ4n) is 3.99. The van der Waals surface area contributed by atoms with Crippen LogP contribution in [0, 0.1) is 0 Å². The lowest BCUT2D eigenvalue weighted by Gasteiger charge is -2.24. The zero-order chi connectivity index (χ0) is 22.1. The van der Waals surface area contributed by atoms with Gasteiger partial charge in [0, 0.05) is 24.1 Å². The first-order chi connectivity index (χ1) is 15.6. The fraction of sp³-hybridized carbons (Fsp3) is 0.208. The predicted molar refractivity (Wildman–Crippen MR) is 121 cm³/mol. The predicted octanol–water partition coefficient (Wildman–Crippen LogP) is 4.02. The van der Waals surface area contributed by atoms with Crippen molar-refractivity contribution in [3.63, 3.8) is 0 Å². The Kier molecular flexibility index (Phi) is 5.45. The molecular formula is C24H20N4O3S. The van der Waals surface area contributed by atoms with Crippen LogP contribution in [0.5, 0.6) is 5.75 Å². The number of carbonyl (C=O) groups is 2. The standard InChI is InChI=1S/C24H20N4O3S/c1-31-22-10-6-5-9-17(22)16-11-19-18(20(29)12-16)13-28-23(25-19)26-24(27-28)32-14-21(30)15-7-3-2-4-8-15/h2-10,13,16H,11-12,14H2,1H3. The van der Waals surface area contributed by atoms with Gasteiger partial charge in [0.2, 0.25) is 5.16 Å². The van der Waals surface area contributed by atoms with Gasteiger partial charge in [-0.1, -0.05) is 60.3 Å². The van der Waals surface area contributed by atoms with E-state index in [1.165, 1.54) is 16.3 Å². The topological polar surface area (TPSA) is 86.5 Å². The molecule has 0 N–H and O–H groups in total. The van der Waals surface area contributed by atoms with Crippen LogP contribution in [0.3, 0.4) is 0 Å². The van der Waals surface area contributed by atoms with Crippen molar-refractivity contribution in [1.29, 1.82) is 0 Å². The summed E-state index contributed by atoms with van der Waals surface area (Å²) < 4.78 is 7.01. The first kappa shape index (κ1) is 20.4. The minimum Gasteiger partial charge on any atom is -0.496 e. The van der Waals surface area contributed by atoms with Gasteiger partial charge in [-0.05, 0) is 18.1 Å². The Bertz CT molecular complexity index is 1320. The Morgan fingerprint density at radius 2 is 1.88 bits per heavy atom. The zero-order valence-corrected chi connectivity index (χ0v) is 18.2. The van der Waals surface area contributed by atoms with Crippen molar-refractivity contribution < 1.29 is 14.3 Å². The number of hydrogen-bond acceptors (Lipinski definition) is 7. The Balaban J connectivity index is 1.38. The normalized spacial score (nSPS) is 15.5. The van der Waals surface area contributed by atoms with Gasteiger partial charge in [0.15, 0.2) is 11.6 Å². The summed E-state index contributed by atoms with van der Waals surface area (Å²) in [6.45, 7) is 0. The second-order valence-electron chi connectivity index (χ2n) is 7.59. The number of benzene rings is 2. The summed E-state index contributed by atoms with van der Waals surface area (Å²) in [5.41, 5.74) is 2.96. The number of carbonyl (C=O) groups excluding carboxylic acids is 2. The third-order valence-corrected chi connectivity index (χ3v) is 6.41. The molecule has 1 unspecified atom stereocenters. The average Bonchev–Trinajstić information content (AvgIpc) is 3.23. The molecule has 0 saturated heterocycles. The SMILES string of the molecule is COc1ccccc1C1CC(=O)c2cn3nc(SCC(=O)c4ccccc4)nc3nc2C1. The number of aromatic nitrogens is 4. The molecule has 7 nitrogen and oxygen atoms in total. The first-order valence-electron chi connectivity index (χ1n) is 10.3. The van der Waals surface area contributed by atoms with Crippen LogP contribution < -0.4 is 4.74 Å². The van der Waals surface area contributed by atoms with E-state index >= 15 is 0 Å². The van der Waals surface area contributed by atoms with Crippen molar-refractivity contribution in [2.24, 2.45) is 0 Å². The molecule has 0 bridgehead atoms. The van der Waals surface area contributed by atoms with E-state index in [1.807, 2.05) is 42.5 Å². The molecule has 0 fully saturated rings. The van der Waals surface area contributed by atoms with E-state index in [9.17, 15) is 9.59 Å². The minimum absolute atomic E-state index is 0.00126. The molecule has 160 valence electrons. The molecule has 32 heavy (non-hydrogen) atoms. The lowest BCUT2D eigenvalue weighted by Crippen LogP contribution is -2.21. The van der Waals surface area contributed by atoms with E-state index in [0.29, 0.717) is 40.6 Å². The van der Waals surface area contributed by atoms with Gasteiger partial charge in [0.05, 0.1) is 24.1 Å². The summed E-state index contributed by atoms with van der Waals surface area (Å²) in [5.74, 6) is 1.47. The van der Waals surface area contributed by atoms with E-state index in [1.54, 1.807) is 25.4 Å². The van der Waals surface area contributed by atoms with E-state index in [4.69, 9.17) is 4.74 Å². The van der Waals surface area contributed by atoms with Crippen LogP contribution in [0.4, 0.5) is 0 Å². The highest BCUT2D eigenvalue weighted by Crippen LogP contribution is 2.36. The van der Waals surface area contributed by atoms with Crippen LogP contribution in [-0.4, -0.2) is 44.0 Å². The highest BCUT2D eigenvalue weighted by molar-refractivity contribution is 7.99. The molecule has 2 aromatic carbocycles. The lowest BCUT2D eigenvalue weighted by molar-refractivity contribution is 0.0961. The second-order valence-corrected chi connectivity index (χ2v) is 8.53. The van der Waals surface area contributed by atoms with Crippen LogP contribution in [0.2, 0.25) is 0 Å². The molecule has 0 spiro atoms. The van der Waals surface area contributed by atoms with Crippen molar-refractivity contribution in [3.8, 4) is 5.75 Å². The Hall–Kier alpha value is -3.52. The molecule has 1 aliphatic carbocycles. The average molecular weight is 445 g/mol. The summed E-state index contributed by atoms with van der Waals surface area (Å²) in [5, 5.41) is 4.86. The maximum atomic E-state index is 12.9. The summed E-state index contributed by atoms with van der Waals surface area (Å²) >= 11 is 1.26. The maximum absolute atomic E-state index is 12.9. The van der Waals surface area contributed by atoms with E-state index < -0.39 is 0 Å². The highest BCUT2D eigenvalue weighted by atomic mass is 32.2. The molecule has 0 saturated carbocycles. The number of para-hydroxylation sites is 1. The third-order valence-electron chi connectivity index (χ3n) is 5.57. The lowest BCUT2D eigenvalue weighted by atomic mass is 9.82. The maximum Gasteiger partial charge on any atom is 0.253 e. The summed E-state index contributed by atoms with van der Waals surface area (Å²) in [6.07, 6.45) is 2.72. The van der Waals surface area contributed by atoms with Gasteiger partial charge in [-0.25, -0.2) is 9.50 Å². The van der Waals surface area contributed by atoms with Gasteiger partial charge in [-0.15, -0.1) is 5.10 Å². The number of Topliss-reactive ketones (excluding diaryl/α,β-unsaturated/α-hetero) is 2. The number of nitrogens with zero attached hydrogens (tertiary/aromatic N) is 4. The van der Waals surface area contributed by atoms with Gasteiger partial charge in [-0.3, -0.25) is 9.59 Å². The molecule has 5 rings (SSSR count). The molecule has 0 amide bonds. The number of methoxy groups -OCH3 is 1. The van der Waals surface area contributed by atoms with Gasteiger partial charge in [-0.2, -0.15) is 4.98 Å². The number of thioether (sulfide) groups is 1. The van der Waals surface area contributed by atoms with E-state index in [2.05, 4.69) is 15.1 Å². The number of rotatable bonds is 6. The molecule has 2 aromatic heterocycles. The molecule has 8 heteroatoms. The Morgan fingerprint density at radius 1 is 1.09 bits per heavy atom. The van der Waals surface area contributed by atoms with Crippen LogP contribution in [0.15, 0.2) is 66.0 Å². The van der Waals surface area contributed by atoms with Gasteiger partial charge in [0.1, 0.15) is 5.75 Å². The Labute approximate surface area is 188 Å². The number of ether oxygens (including phenoxy) is 1. The Morgan fingerprint density at radius 3 is 2.69 bits per heavy atom. The van der Waals surface area contributed by atoms with Crippen molar-refractivity contribution in [2.45, 2.75) is 23.9 Å². The van der Waals surface area contributed by atoms with Crippen molar-refractivity contribution >= 4 is 29.1 Å². The highest BCUT2D eigenvalue weighted by Gasteiger charge is 2.30. The summed E-state index contributed by atoms with van der Waals surface area (Å²) in [7, 11) is 1.64. The zero-order valence-electron chi connectivity index (χ0n) is 17.4. The van der Waals surface area contributed by atoms with E-state index in [0.717, 1.165) is 11.3 Å². The summed E-state index contributed by atoms with van der Waals surface area (Å²) in [4.78, 5) is 34.3. The molecule has 1 aliphatic rings. The van der Waals surface area contributed by atoms with E-state index in [-0.39, 0.29) is 23.2 Å². The largest absolute Gasteiger partial charge is 0.496 e. The van der Waals surface area contributed by atoms with Crippen LogP contribution in [-0.2, 0) is 6.42 Å². The van der Waals surface area contributed by atoms with Crippen molar-refractivity contribution in [1.82, 2.24) is 19.6 Å². The summed E-state index contributed by atoms with van der Waals surface area (Å²) in [6, 6.07) is 16.9. The molecule has 1 atom stereocenters. The minimum atomic E-state index is 0.00126. The van der Waals surface area contributed by atoms with Crippen molar-refractivity contribution in [3.05, 3.63) is 83.2 Å².